The van der Waals surface area contributed by atoms with E-state index in [9.17, 15) is 14.7 Å². The maximum absolute atomic E-state index is 12.5. The third-order valence-corrected chi connectivity index (χ3v) is 4.20. The first-order valence-electron chi connectivity index (χ1n) is 8.75. The minimum Gasteiger partial charge on any atom is -0.444 e. The quantitative estimate of drug-likeness (QED) is 0.856. The van der Waals surface area contributed by atoms with Gasteiger partial charge in [0.25, 0.3) is 0 Å². The van der Waals surface area contributed by atoms with E-state index in [2.05, 4.69) is 5.32 Å². The van der Waals surface area contributed by atoms with Crippen LogP contribution in [0.1, 0.15) is 45.1 Å². The lowest BCUT2D eigenvalue weighted by molar-refractivity contribution is -0.125. The molecular formula is C19H28N2O4. The molecule has 2 rings (SSSR count). The number of nitrogens with zero attached hydrogens (tertiary/aromatic N) is 1. The van der Waals surface area contributed by atoms with Crippen molar-refractivity contribution in [2.24, 2.45) is 0 Å². The number of ether oxygens (including phenoxy) is 1. The van der Waals surface area contributed by atoms with Gasteiger partial charge in [0.15, 0.2) is 0 Å². The highest BCUT2D eigenvalue weighted by atomic mass is 16.6. The molecule has 0 saturated carbocycles. The van der Waals surface area contributed by atoms with Crippen molar-refractivity contribution in [3.63, 3.8) is 0 Å². The molecule has 1 aliphatic rings. The van der Waals surface area contributed by atoms with E-state index in [1.54, 1.807) is 0 Å². The fourth-order valence-electron chi connectivity index (χ4n) is 2.93. The Bertz CT molecular complexity index is 583. The van der Waals surface area contributed by atoms with Crippen LogP contribution in [0.2, 0.25) is 0 Å². The molecule has 0 bridgehead atoms. The van der Waals surface area contributed by atoms with Crippen molar-refractivity contribution in [2.45, 2.75) is 51.2 Å². The number of amides is 2. The summed E-state index contributed by atoms with van der Waals surface area (Å²) in [6.07, 6.45) is 0.951. The molecule has 1 fully saturated rings. The number of likely N-dealkylation sites (tertiary alicyclic amines) is 1. The zero-order chi connectivity index (χ0) is 18.4. The van der Waals surface area contributed by atoms with E-state index in [-0.39, 0.29) is 18.4 Å². The van der Waals surface area contributed by atoms with Gasteiger partial charge in [-0.3, -0.25) is 9.69 Å². The van der Waals surface area contributed by atoms with Crippen LogP contribution >= 0.6 is 0 Å². The standard InChI is InChI=1S/C19H28N2O4/c1-19(2,3)25-18(24)21-11-7-10-16(21)17(23)20-12-15(13-22)14-8-5-4-6-9-14/h4-6,8-9,15-16,22H,7,10-13H2,1-3H3,(H,20,23)/t15?,16-/m0/s1. The Morgan fingerprint density at radius 3 is 2.60 bits per heavy atom. The van der Waals surface area contributed by atoms with E-state index in [4.69, 9.17) is 4.74 Å². The first-order chi connectivity index (χ1) is 11.8. The maximum atomic E-state index is 12.5. The van der Waals surface area contributed by atoms with Crippen LogP contribution in [0.5, 0.6) is 0 Å². The van der Waals surface area contributed by atoms with Crippen molar-refractivity contribution in [1.82, 2.24) is 10.2 Å². The summed E-state index contributed by atoms with van der Waals surface area (Å²) in [6.45, 7) is 6.23. The summed E-state index contributed by atoms with van der Waals surface area (Å²) >= 11 is 0. The highest BCUT2D eigenvalue weighted by Crippen LogP contribution is 2.21. The fraction of sp³-hybridized carbons (Fsp3) is 0.579. The molecule has 2 amide bonds. The van der Waals surface area contributed by atoms with Gasteiger partial charge in [-0.2, -0.15) is 0 Å². The van der Waals surface area contributed by atoms with Gasteiger partial charge in [-0.1, -0.05) is 30.3 Å². The topological polar surface area (TPSA) is 78.9 Å². The van der Waals surface area contributed by atoms with Crippen molar-refractivity contribution in [1.29, 1.82) is 0 Å². The van der Waals surface area contributed by atoms with Gasteiger partial charge in [-0.15, -0.1) is 0 Å². The third kappa shape index (κ3) is 5.46. The number of rotatable bonds is 5. The normalized spacial score (nSPS) is 18.7. The third-order valence-electron chi connectivity index (χ3n) is 4.20. The van der Waals surface area contributed by atoms with Crippen molar-refractivity contribution in [3.05, 3.63) is 35.9 Å². The Labute approximate surface area is 149 Å². The lowest BCUT2D eigenvalue weighted by Crippen LogP contribution is -2.48. The second kappa shape index (κ2) is 8.34. The molecule has 1 aliphatic heterocycles. The summed E-state index contributed by atoms with van der Waals surface area (Å²) in [5.74, 6) is -0.362. The molecule has 1 aromatic carbocycles. The number of hydrogen-bond donors (Lipinski definition) is 2. The van der Waals surface area contributed by atoms with Crippen LogP contribution in [0.3, 0.4) is 0 Å². The van der Waals surface area contributed by atoms with E-state index in [0.717, 1.165) is 12.0 Å². The van der Waals surface area contributed by atoms with Gasteiger partial charge in [0, 0.05) is 19.0 Å². The second-order valence-electron chi connectivity index (χ2n) is 7.37. The number of aliphatic hydroxyl groups is 1. The van der Waals surface area contributed by atoms with Crippen molar-refractivity contribution < 1.29 is 19.4 Å². The van der Waals surface area contributed by atoms with Gasteiger partial charge in [-0.25, -0.2) is 4.79 Å². The lowest BCUT2D eigenvalue weighted by Gasteiger charge is -2.28. The SMILES string of the molecule is CC(C)(C)OC(=O)N1CCC[C@H]1C(=O)NCC(CO)c1ccccc1. The number of benzene rings is 1. The first-order valence-corrected chi connectivity index (χ1v) is 8.75. The van der Waals surface area contributed by atoms with E-state index in [1.165, 1.54) is 4.90 Å². The Morgan fingerprint density at radius 2 is 2.00 bits per heavy atom. The monoisotopic (exact) mass is 348 g/mol. The molecule has 138 valence electrons. The second-order valence-corrected chi connectivity index (χ2v) is 7.37. The number of hydrogen-bond acceptors (Lipinski definition) is 4. The molecule has 1 unspecified atom stereocenters. The van der Waals surface area contributed by atoms with Crippen LogP contribution in [0.25, 0.3) is 0 Å². The molecule has 6 heteroatoms. The number of aliphatic hydroxyl groups excluding tert-OH is 1. The van der Waals surface area contributed by atoms with Gasteiger partial charge in [0.1, 0.15) is 11.6 Å². The van der Waals surface area contributed by atoms with E-state index >= 15 is 0 Å². The summed E-state index contributed by atoms with van der Waals surface area (Å²) in [5.41, 5.74) is 0.386. The summed E-state index contributed by atoms with van der Waals surface area (Å²) in [7, 11) is 0. The van der Waals surface area contributed by atoms with Crippen LogP contribution in [0.15, 0.2) is 30.3 Å². The van der Waals surface area contributed by atoms with Crippen molar-refractivity contribution >= 4 is 12.0 Å². The van der Waals surface area contributed by atoms with Gasteiger partial charge < -0.3 is 15.2 Å². The van der Waals surface area contributed by atoms with Crippen LogP contribution in [0.4, 0.5) is 4.79 Å². The average Bonchev–Trinajstić information content (AvgIpc) is 3.04. The van der Waals surface area contributed by atoms with Gasteiger partial charge in [0.05, 0.1) is 6.61 Å². The molecule has 0 radical (unpaired) electrons. The Balaban J connectivity index is 1.94. The molecule has 6 nitrogen and oxygen atoms in total. The molecule has 25 heavy (non-hydrogen) atoms. The molecule has 0 aliphatic carbocycles. The van der Waals surface area contributed by atoms with Gasteiger partial charge in [-0.05, 0) is 39.2 Å². The van der Waals surface area contributed by atoms with E-state index in [1.807, 2.05) is 51.1 Å². The Hall–Kier alpha value is -2.08. The minimum absolute atomic E-state index is 0.0509. The summed E-state index contributed by atoms with van der Waals surface area (Å²) in [4.78, 5) is 26.3. The van der Waals surface area contributed by atoms with Crippen molar-refractivity contribution in [2.75, 3.05) is 19.7 Å². The lowest BCUT2D eigenvalue weighted by atomic mass is 10.00. The van der Waals surface area contributed by atoms with Crippen molar-refractivity contribution in [3.8, 4) is 0 Å². The number of nitrogens with one attached hydrogen (secondary N) is 1. The molecule has 2 atom stereocenters. The summed E-state index contributed by atoms with van der Waals surface area (Å²) < 4.78 is 5.39. The summed E-state index contributed by atoms with van der Waals surface area (Å²) in [5, 5.41) is 12.5. The van der Waals surface area contributed by atoms with E-state index in [0.29, 0.717) is 19.5 Å². The largest absolute Gasteiger partial charge is 0.444 e. The highest BCUT2D eigenvalue weighted by Gasteiger charge is 2.36. The Morgan fingerprint density at radius 1 is 1.32 bits per heavy atom. The van der Waals surface area contributed by atoms with Crippen LogP contribution in [0, 0.1) is 0 Å². The zero-order valence-corrected chi connectivity index (χ0v) is 15.2. The first kappa shape index (κ1) is 19.2. The molecule has 1 heterocycles. The molecule has 1 aromatic rings. The van der Waals surface area contributed by atoms with Gasteiger partial charge in [0.2, 0.25) is 5.91 Å². The van der Waals surface area contributed by atoms with Crippen LogP contribution in [-0.2, 0) is 9.53 Å². The molecule has 1 saturated heterocycles. The molecule has 0 spiro atoms. The maximum Gasteiger partial charge on any atom is 0.410 e. The zero-order valence-electron chi connectivity index (χ0n) is 15.2. The Kier molecular flexibility index (Phi) is 6.42. The average molecular weight is 348 g/mol. The summed E-state index contributed by atoms with van der Waals surface area (Å²) in [6, 6.07) is 9.06. The molecule has 2 N–H and O–H groups in total. The predicted octanol–water partition coefficient (Wildman–Crippen LogP) is 2.28. The number of carbonyl (C=O) groups excluding carboxylic acids is 2. The van der Waals surface area contributed by atoms with Gasteiger partial charge >= 0.3 is 6.09 Å². The number of carbonyl (C=O) groups is 2. The highest BCUT2D eigenvalue weighted by molar-refractivity contribution is 5.86. The smallest absolute Gasteiger partial charge is 0.410 e. The predicted molar refractivity (Wildman–Crippen MR) is 95.2 cm³/mol. The van der Waals surface area contributed by atoms with Crippen LogP contribution in [-0.4, -0.2) is 53.3 Å². The fourth-order valence-corrected chi connectivity index (χ4v) is 2.93. The van der Waals surface area contributed by atoms with Crippen LogP contribution < -0.4 is 5.32 Å². The molecular weight excluding hydrogens is 320 g/mol. The van der Waals surface area contributed by atoms with E-state index < -0.39 is 17.7 Å². The minimum atomic E-state index is -0.587. The molecule has 0 aromatic heterocycles.